The minimum absolute atomic E-state index is 0.823. The van der Waals surface area contributed by atoms with E-state index >= 15 is 0 Å². The highest BCUT2D eigenvalue weighted by Gasteiger charge is 2.02. The SMILES string of the molecule is CCCCCNc1cc2cccnc2nc1C. The predicted octanol–water partition coefficient (Wildman–Crippen LogP) is 3.54. The zero-order chi connectivity index (χ0) is 12.1. The number of fused-ring (bicyclic) bond motifs is 1. The molecular formula is C14H19N3. The van der Waals surface area contributed by atoms with Gasteiger partial charge in [-0.2, -0.15) is 0 Å². The summed E-state index contributed by atoms with van der Waals surface area (Å²) in [5, 5.41) is 4.54. The first-order chi connectivity index (χ1) is 8.31. The summed E-state index contributed by atoms with van der Waals surface area (Å²) in [5.74, 6) is 0. The highest BCUT2D eigenvalue weighted by atomic mass is 14.9. The molecule has 0 saturated carbocycles. The van der Waals surface area contributed by atoms with Gasteiger partial charge in [-0.3, -0.25) is 0 Å². The molecule has 0 aliphatic rings. The van der Waals surface area contributed by atoms with E-state index in [1.54, 1.807) is 6.20 Å². The van der Waals surface area contributed by atoms with Crippen LogP contribution in [0.3, 0.4) is 0 Å². The monoisotopic (exact) mass is 229 g/mol. The van der Waals surface area contributed by atoms with Crippen LogP contribution < -0.4 is 5.32 Å². The van der Waals surface area contributed by atoms with Gasteiger partial charge in [0.05, 0.1) is 11.4 Å². The Hall–Kier alpha value is -1.64. The molecule has 2 aromatic heterocycles. The number of pyridine rings is 2. The molecule has 2 aromatic rings. The van der Waals surface area contributed by atoms with Gasteiger partial charge in [0.2, 0.25) is 0 Å². The quantitative estimate of drug-likeness (QED) is 0.797. The van der Waals surface area contributed by atoms with Crippen LogP contribution in [0.2, 0.25) is 0 Å². The van der Waals surface area contributed by atoms with Crippen LogP contribution >= 0.6 is 0 Å². The minimum Gasteiger partial charge on any atom is -0.384 e. The van der Waals surface area contributed by atoms with Gasteiger partial charge in [-0.05, 0) is 31.5 Å². The first-order valence-electron chi connectivity index (χ1n) is 6.27. The Labute approximate surface area is 102 Å². The highest BCUT2D eigenvalue weighted by Crippen LogP contribution is 2.18. The molecule has 0 saturated heterocycles. The molecule has 2 rings (SSSR count). The third-order valence-electron chi connectivity index (χ3n) is 2.88. The number of unbranched alkanes of at least 4 members (excludes halogenated alkanes) is 2. The number of aryl methyl sites for hydroxylation is 1. The number of anilines is 1. The molecule has 0 radical (unpaired) electrons. The van der Waals surface area contributed by atoms with Crippen molar-refractivity contribution in [1.82, 2.24) is 9.97 Å². The van der Waals surface area contributed by atoms with Crippen LogP contribution in [-0.2, 0) is 0 Å². The van der Waals surface area contributed by atoms with Crippen molar-refractivity contribution in [3.8, 4) is 0 Å². The predicted molar refractivity (Wildman–Crippen MR) is 72.3 cm³/mol. The van der Waals surface area contributed by atoms with E-state index < -0.39 is 0 Å². The Morgan fingerprint density at radius 2 is 2.18 bits per heavy atom. The molecule has 0 unspecified atom stereocenters. The van der Waals surface area contributed by atoms with E-state index in [-0.39, 0.29) is 0 Å². The van der Waals surface area contributed by atoms with Crippen molar-refractivity contribution in [2.75, 3.05) is 11.9 Å². The maximum absolute atomic E-state index is 4.50. The third-order valence-corrected chi connectivity index (χ3v) is 2.88. The van der Waals surface area contributed by atoms with Crippen LogP contribution in [0.15, 0.2) is 24.4 Å². The summed E-state index contributed by atoms with van der Waals surface area (Å²) < 4.78 is 0. The van der Waals surface area contributed by atoms with Gasteiger partial charge >= 0.3 is 0 Å². The molecular weight excluding hydrogens is 210 g/mol. The normalized spacial score (nSPS) is 10.7. The lowest BCUT2D eigenvalue weighted by Crippen LogP contribution is -2.04. The summed E-state index contributed by atoms with van der Waals surface area (Å²) in [7, 11) is 0. The van der Waals surface area contributed by atoms with Gasteiger partial charge in [0.15, 0.2) is 5.65 Å². The minimum atomic E-state index is 0.823. The summed E-state index contributed by atoms with van der Waals surface area (Å²) in [5.41, 5.74) is 2.97. The van der Waals surface area contributed by atoms with Gasteiger partial charge < -0.3 is 5.32 Å². The average Bonchev–Trinajstić information content (AvgIpc) is 2.35. The number of nitrogens with one attached hydrogen (secondary N) is 1. The molecule has 0 amide bonds. The van der Waals surface area contributed by atoms with E-state index in [1.165, 1.54) is 19.3 Å². The second-order valence-electron chi connectivity index (χ2n) is 4.31. The van der Waals surface area contributed by atoms with Crippen molar-refractivity contribution in [2.45, 2.75) is 33.1 Å². The van der Waals surface area contributed by atoms with Gasteiger partial charge in [-0.1, -0.05) is 19.8 Å². The second-order valence-corrected chi connectivity index (χ2v) is 4.31. The summed E-state index contributed by atoms with van der Waals surface area (Å²) >= 11 is 0. The Balaban J connectivity index is 2.14. The topological polar surface area (TPSA) is 37.8 Å². The van der Waals surface area contributed by atoms with E-state index in [4.69, 9.17) is 0 Å². The zero-order valence-corrected chi connectivity index (χ0v) is 10.5. The molecule has 0 fully saturated rings. The van der Waals surface area contributed by atoms with E-state index in [9.17, 15) is 0 Å². The van der Waals surface area contributed by atoms with E-state index in [1.807, 2.05) is 19.1 Å². The van der Waals surface area contributed by atoms with Gasteiger partial charge in [0, 0.05) is 18.1 Å². The maximum atomic E-state index is 4.50. The number of nitrogens with zero attached hydrogens (tertiary/aromatic N) is 2. The number of aromatic nitrogens is 2. The Morgan fingerprint density at radius 1 is 1.29 bits per heavy atom. The smallest absolute Gasteiger partial charge is 0.159 e. The molecule has 0 atom stereocenters. The van der Waals surface area contributed by atoms with Crippen LogP contribution in [0.5, 0.6) is 0 Å². The second kappa shape index (κ2) is 5.62. The fourth-order valence-corrected chi connectivity index (χ4v) is 1.87. The maximum Gasteiger partial charge on any atom is 0.159 e. The Morgan fingerprint density at radius 3 is 3.00 bits per heavy atom. The zero-order valence-electron chi connectivity index (χ0n) is 10.5. The molecule has 90 valence electrons. The van der Waals surface area contributed by atoms with Gasteiger partial charge in [-0.15, -0.1) is 0 Å². The molecule has 0 spiro atoms. The first kappa shape index (κ1) is 11.8. The van der Waals surface area contributed by atoms with Crippen LogP contribution in [-0.4, -0.2) is 16.5 Å². The van der Waals surface area contributed by atoms with Crippen LogP contribution in [0.1, 0.15) is 31.9 Å². The Bertz CT molecular complexity index is 494. The molecule has 0 aliphatic heterocycles. The van der Waals surface area contributed by atoms with Crippen molar-refractivity contribution < 1.29 is 0 Å². The van der Waals surface area contributed by atoms with Crippen molar-refractivity contribution in [3.63, 3.8) is 0 Å². The first-order valence-corrected chi connectivity index (χ1v) is 6.27. The average molecular weight is 229 g/mol. The standard InChI is InChI=1S/C14H19N3/c1-3-4-5-8-15-13-10-12-7-6-9-16-14(12)17-11(13)2/h6-7,9-10,15H,3-5,8H2,1-2H3. The Kier molecular flexibility index (Phi) is 3.91. The summed E-state index contributed by atoms with van der Waals surface area (Å²) in [6.07, 6.45) is 5.51. The van der Waals surface area contributed by atoms with Gasteiger partial charge in [0.25, 0.3) is 0 Å². The van der Waals surface area contributed by atoms with Crippen LogP contribution in [0.25, 0.3) is 11.0 Å². The molecule has 3 nitrogen and oxygen atoms in total. The molecule has 0 aliphatic carbocycles. The fourth-order valence-electron chi connectivity index (χ4n) is 1.87. The summed E-state index contributed by atoms with van der Waals surface area (Å²) in [4.78, 5) is 8.75. The number of hydrogen-bond acceptors (Lipinski definition) is 3. The number of hydrogen-bond donors (Lipinski definition) is 1. The van der Waals surface area contributed by atoms with Gasteiger partial charge in [-0.25, -0.2) is 9.97 Å². The lowest BCUT2D eigenvalue weighted by molar-refractivity contribution is 0.743. The van der Waals surface area contributed by atoms with Crippen molar-refractivity contribution in [2.24, 2.45) is 0 Å². The number of rotatable bonds is 5. The van der Waals surface area contributed by atoms with Crippen LogP contribution in [0.4, 0.5) is 5.69 Å². The lowest BCUT2D eigenvalue weighted by Gasteiger charge is -2.09. The van der Waals surface area contributed by atoms with Crippen molar-refractivity contribution >= 4 is 16.7 Å². The van der Waals surface area contributed by atoms with Crippen molar-refractivity contribution in [3.05, 3.63) is 30.1 Å². The van der Waals surface area contributed by atoms with E-state index in [0.29, 0.717) is 0 Å². The molecule has 3 heteroatoms. The largest absolute Gasteiger partial charge is 0.384 e. The van der Waals surface area contributed by atoms with Crippen LogP contribution in [0, 0.1) is 6.92 Å². The highest BCUT2D eigenvalue weighted by molar-refractivity contribution is 5.79. The van der Waals surface area contributed by atoms with E-state index in [2.05, 4.69) is 28.3 Å². The third kappa shape index (κ3) is 2.93. The van der Waals surface area contributed by atoms with Gasteiger partial charge in [0.1, 0.15) is 0 Å². The summed E-state index contributed by atoms with van der Waals surface area (Å²) in [6, 6.07) is 6.13. The molecule has 2 heterocycles. The van der Waals surface area contributed by atoms with Crippen molar-refractivity contribution in [1.29, 1.82) is 0 Å². The molecule has 17 heavy (non-hydrogen) atoms. The fraction of sp³-hybridized carbons (Fsp3) is 0.429. The lowest BCUT2D eigenvalue weighted by atomic mass is 10.2. The summed E-state index contributed by atoms with van der Waals surface area (Å²) in [6.45, 7) is 5.26. The molecule has 0 aromatic carbocycles. The molecule has 0 bridgehead atoms. The molecule has 1 N–H and O–H groups in total. The van der Waals surface area contributed by atoms with E-state index in [0.717, 1.165) is 29.0 Å².